The Kier molecular flexibility index (Phi) is 2.63. The van der Waals surface area contributed by atoms with Crippen molar-refractivity contribution >= 4 is 11.8 Å². The van der Waals surface area contributed by atoms with E-state index in [-0.39, 0.29) is 0 Å². The van der Waals surface area contributed by atoms with E-state index in [0.717, 1.165) is 0 Å². The van der Waals surface area contributed by atoms with E-state index in [4.69, 9.17) is 0 Å². The van der Waals surface area contributed by atoms with Crippen molar-refractivity contribution in [1.29, 1.82) is 0 Å². The lowest BCUT2D eigenvalue weighted by Gasteiger charge is -2.22. The summed E-state index contributed by atoms with van der Waals surface area (Å²) in [7, 11) is 0. The summed E-state index contributed by atoms with van der Waals surface area (Å²) in [4.78, 5) is 0. The van der Waals surface area contributed by atoms with Gasteiger partial charge in [-0.25, -0.2) is 0 Å². The summed E-state index contributed by atoms with van der Waals surface area (Å²) in [5, 5.41) is 0. The molecule has 0 radical (unpaired) electrons. The quantitative estimate of drug-likeness (QED) is 0.557. The minimum Gasteiger partial charge on any atom is -0.155 e. The molecule has 0 saturated carbocycles. The molecule has 1 aliphatic rings. The summed E-state index contributed by atoms with van der Waals surface area (Å²) in [5.74, 6) is 1.28. The summed E-state index contributed by atoms with van der Waals surface area (Å²) >= 11 is 2.10. The Morgan fingerprint density at radius 2 is 1.83 bits per heavy atom. The molecule has 1 atom stereocenters. The van der Waals surface area contributed by atoms with Gasteiger partial charge in [-0.2, -0.15) is 11.8 Å². The van der Waals surface area contributed by atoms with Gasteiger partial charge in [0.15, 0.2) is 0 Å². The highest BCUT2D eigenvalue weighted by Crippen LogP contribution is 2.49. The Balaban J connectivity index is 2.72. The molecule has 0 bridgehead atoms. The Labute approximate surface area is 80.8 Å². The van der Waals surface area contributed by atoms with Gasteiger partial charge in [0.2, 0.25) is 0 Å². The third kappa shape index (κ3) is 2.55. The standard InChI is InChI=1S/C11H20S/c1-9(2)6-11(5)7-10(3,4)12-8-11/h6H,7-8H2,1-5H3. The molecule has 1 rings (SSSR count). The summed E-state index contributed by atoms with van der Waals surface area (Å²) in [6, 6.07) is 0. The minimum absolute atomic E-state index is 0.451. The van der Waals surface area contributed by atoms with Crippen molar-refractivity contribution in [2.75, 3.05) is 5.75 Å². The van der Waals surface area contributed by atoms with E-state index in [1.165, 1.54) is 17.7 Å². The monoisotopic (exact) mass is 184 g/mol. The van der Waals surface area contributed by atoms with E-state index in [1.807, 2.05) is 0 Å². The molecule has 1 saturated heterocycles. The zero-order valence-corrected chi connectivity index (χ0v) is 9.72. The lowest BCUT2D eigenvalue weighted by molar-refractivity contribution is 0.424. The van der Waals surface area contributed by atoms with Crippen LogP contribution in [-0.2, 0) is 0 Å². The van der Waals surface area contributed by atoms with Gasteiger partial charge < -0.3 is 0 Å². The van der Waals surface area contributed by atoms with E-state index in [9.17, 15) is 0 Å². The van der Waals surface area contributed by atoms with Crippen molar-refractivity contribution in [2.45, 2.75) is 45.8 Å². The topological polar surface area (TPSA) is 0 Å². The SMILES string of the molecule is CC(C)=CC1(C)CSC(C)(C)C1. The first-order valence-corrected chi connectivity index (χ1v) is 5.62. The van der Waals surface area contributed by atoms with E-state index in [0.29, 0.717) is 10.2 Å². The fraction of sp³-hybridized carbons (Fsp3) is 0.818. The summed E-state index contributed by atoms with van der Waals surface area (Å²) in [5.41, 5.74) is 1.91. The number of thioether (sulfide) groups is 1. The minimum atomic E-state index is 0.451. The zero-order chi connectivity index (χ0) is 9.41. The van der Waals surface area contributed by atoms with E-state index in [2.05, 4.69) is 52.5 Å². The third-order valence-electron chi connectivity index (χ3n) is 2.26. The van der Waals surface area contributed by atoms with Crippen molar-refractivity contribution in [3.05, 3.63) is 11.6 Å². The van der Waals surface area contributed by atoms with Crippen LogP contribution in [0.5, 0.6) is 0 Å². The normalized spacial score (nSPS) is 33.4. The maximum Gasteiger partial charge on any atom is 0.0112 e. The summed E-state index contributed by atoms with van der Waals surface area (Å²) in [6.07, 6.45) is 3.75. The average molecular weight is 184 g/mol. The molecule has 0 N–H and O–H groups in total. The molecule has 0 aromatic heterocycles. The molecule has 0 nitrogen and oxygen atoms in total. The van der Waals surface area contributed by atoms with Crippen LogP contribution in [0.15, 0.2) is 11.6 Å². The fourth-order valence-electron chi connectivity index (χ4n) is 2.22. The second-order valence-electron chi connectivity index (χ2n) is 5.10. The molecule has 12 heavy (non-hydrogen) atoms. The molecule has 1 fully saturated rings. The predicted octanol–water partition coefficient (Wildman–Crippen LogP) is 3.87. The van der Waals surface area contributed by atoms with Crippen molar-refractivity contribution < 1.29 is 0 Å². The molecule has 0 aromatic carbocycles. The van der Waals surface area contributed by atoms with E-state index >= 15 is 0 Å². The first-order valence-electron chi connectivity index (χ1n) is 4.63. The van der Waals surface area contributed by atoms with Crippen LogP contribution in [0, 0.1) is 5.41 Å². The number of hydrogen-bond acceptors (Lipinski definition) is 1. The van der Waals surface area contributed by atoms with Crippen molar-refractivity contribution in [3.8, 4) is 0 Å². The number of allylic oxidation sites excluding steroid dienone is 2. The number of hydrogen-bond donors (Lipinski definition) is 0. The van der Waals surface area contributed by atoms with Gasteiger partial charge in [0.1, 0.15) is 0 Å². The van der Waals surface area contributed by atoms with E-state index < -0.39 is 0 Å². The Morgan fingerprint density at radius 3 is 2.17 bits per heavy atom. The maximum atomic E-state index is 2.44. The van der Waals surface area contributed by atoms with Crippen LogP contribution in [-0.4, -0.2) is 10.5 Å². The van der Waals surface area contributed by atoms with Gasteiger partial charge in [-0.1, -0.05) is 32.4 Å². The molecule has 1 heteroatoms. The first-order chi connectivity index (χ1) is 5.33. The highest BCUT2D eigenvalue weighted by Gasteiger charge is 2.38. The van der Waals surface area contributed by atoms with Crippen LogP contribution in [0.4, 0.5) is 0 Å². The van der Waals surface area contributed by atoms with Crippen LogP contribution in [0.1, 0.15) is 41.0 Å². The molecule has 0 spiro atoms. The first kappa shape index (κ1) is 10.2. The number of rotatable bonds is 1. The Morgan fingerprint density at radius 1 is 1.25 bits per heavy atom. The van der Waals surface area contributed by atoms with Gasteiger partial charge >= 0.3 is 0 Å². The fourth-order valence-corrected chi connectivity index (χ4v) is 3.56. The highest BCUT2D eigenvalue weighted by molar-refractivity contribution is 8.00. The lowest BCUT2D eigenvalue weighted by atomic mass is 9.83. The zero-order valence-electron chi connectivity index (χ0n) is 8.90. The van der Waals surface area contributed by atoms with Gasteiger partial charge in [-0.3, -0.25) is 0 Å². The van der Waals surface area contributed by atoms with Crippen molar-refractivity contribution in [2.24, 2.45) is 5.41 Å². The largest absolute Gasteiger partial charge is 0.155 e. The van der Waals surface area contributed by atoms with Gasteiger partial charge in [0, 0.05) is 10.5 Å². The molecular weight excluding hydrogens is 164 g/mol. The Bertz CT molecular complexity index is 199. The van der Waals surface area contributed by atoms with Gasteiger partial charge in [-0.05, 0) is 25.7 Å². The highest BCUT2D eigenvalue weighted by atomic mass is 32.2. The van der Waals surface area contributed by atoms with Crippen molar-refractivity contribution in [1.82, 2.24) is 0 Å². The predicted molar refractivity (Wildman–Crippen MR) is 58.7 cm³/mol. The van der Waals surface area contributed by atoms with Gasteiger partial charge in [0.25, 0.3) is 0 Å². The molecular formula is C11H20S. The van der Waals surface area contributed by atoms with Crippen LogP contribution >= 0.6 is 11.8 Å². The Hall–Kier alpha value is 0.0900. The second kappa shape index (κ2) is 3.10. The molecule has 1 aliphatic heterocycles. The lowest BCUT2D eigenvalue weighted by Crippen LogP contribution is -2.17. The molecule has 70 valence electrons. The van der Waals surface area contributed by atoms with Gasteiger partial charge in [-0.15, -0.1) is 0 Å². The second-order valence-corrected chi connectivity index (χ2v) is 6.78. The molecule has 0 amide bonds. The third-order valence-corrected chi connectivity index (χ3v) is 3.99. The van der Waals surface area contributed by atoms with Crippen LogP contribution in [0.25, 0.3) is 0 Å². The van der Waals surface area contributed by atoms with Crippen molar-refractivity contribution in [3.63, 3.8) is 0 Å². The van der Waals surface area contributed by atoms with E-state index in [1.54, 1.807) is 0 Å². The van der Waals surface area contributed by atoms with Gasteiger partial charge in [0.05, 0.1) is 0 Å². The molecule has 0 aromatic rings. The average Bonchev–Trinajstić information content (AvgIpc) is 2.03. The van der Waals surface area contributed by atoms with Crippen LogP contribution in [0.2, 0.25) is 0 Å². The van der Waals surface area contributed by atoms with Crippen LogP contribution < -0.4 is 0 Å². The summed E-state index contributed by atoms with van der Waals surface area (Å²) in [6.45, 7) is 11.5. The van der Waals surface area contributed by atoms with Crippen LogP contribution in [0.3, 0.4) is 0 Å². The molecule has 1 heterocycles. The summed E-state index contributed by atoms with van der Waals surface area (Å²) < 4.78 is 0.487. The molecule has 1 unspecified atom stereocenters. The maximum absolute atomic E-state index is 2.44. The smallest absolute Gasteiger partial charge is 0.0112 e. The molecule has 0 aliphatic carbocycles.